The van der Waals surface area contributed by atoms with Crippen molar-refractivity contribution in [3.8, 4) is 11.5 Å². The van der Waals surface area contributed by atoms with Crippen molar-refractivity contribution in [2.45, 2.75) is 25.4 Å². The molecule has 1 amide bonds. The van der Waals surface area contributed by atoms with E-state index in [0.717, 1.165) is 41.2 Å². The zero-order valence-corrected chi connectivity index (χ0v) is 14.7. The molecule has 136 valence electrons. The molecule has 0 atom stereocenters. The molecule has 0 unspecified atom stereocenters. The number of aromatic nitrogens is 2. The lowest BCUT2D eigenvalue weighted by Gasteiger charge is -2.20. The molecule has 3 heterocycles. The van der Waals surface area contributed by atoms with Crippen LogP contribution in [0.4, 0.5) is 0 Å². The first-order valence-electron chi connectivity index (χ1n) is 9.07. The topological polar surface area (TPSA) is 56.1 Å². The van der Waals surface area contributed by atoms with Gasteiger partial charge in [-0.05, 0) is 48.7 Å². The molecule has 1 aromatic carbocycles. The number of carbonyl (C=O) groups excluding carboxylic acids is 1. The molecule has 1 aliphatic heterocycles. The maximum atomic E-state index is 12.8. The van der Waals surface area contributed by atoms with E-state index in [2.05, 4.69) is 4.98 Å². The maximum absolute atomic E-state index is 12.8. The molecule has 6 heteroatoms. The molecule has 2 aliphatic rings. The lowest BCUT2D eigenvalue weighted by atomic mass is 10.2. The van der Waals surface area contributed by atoms with Crippen LogP contribution >= 0.6 is 0 Å². The highest BCUT2D eigenvalue weighted by molar-refractivity contribution is 5.92. The van der Waals surface area contributed by atoms with Crippen LogP contribution in [0, 0.1) is 0 Å². The van der Waals surface area contributed by atoms with Crippen LogP contribution in [-0.4, -0.2) is 33.0 Å². The number of imidazole rings is 1. The summed E-state index contributed by atoms with van der Waals surface area (Å²) in [4.78, 5) is 19.2. The number of rotatable bonds is 5. The fraction of sp³-hybridized carbons (Fsp3) is 0.238. The van der Waals surface area contributed by atoms with Crippen LogP contribution in [0.3, 0.4) is 0 Å². The molecular formula is C21H19N3O3. The first kappa shape index (κ1) is 15.9. The summed E-state index contributed by atoms with van der Waals surface area (Å²) in [6.45, 7) is 0.802. The molecule has 1 aliphatic carbocycles. The van der Waals surface area contributed by atoms with Crippen molar-refractivity contribution in [3.05, 3.63) is 66.1 Å². The average molecular weight is 361 g/mol. The molecule has 27 heavy (non-hydrogen) atoms. The Morgan fingerprint density at radius 2 is 2.11 bits per heavy atom. The van der Waals surface area contributed by atoms with Gasteiger partial charge < -0.3 is 18.8 Å². The standard InChI is InChI=1S/C21H19N3O3/c25-21(9-5-15-4-8-18-19(11-15)27-14-26-18)24(16-6-7-16)13-17-12-22-20-3-1-2-10-23(17)20/h1-5,8-12,16H,6-7,13-14H2/b9-5+. The summed E-state index contributed by atoms with van der Waals surface area (Å²) in [7, 11) is 0. The summed E-state index contributed by atoms with van der Waals surface area (Å²) in [5, 5.41) is 0. The number of benzene rings is 1. The predicted molar refractivity (Wildman–Crippen MR) is 100 cm³/mol. The Morgan fingerprint density at radius 1 is 1.22 bits per heavy atom. The second-order valence-corrected chi connectivity index (χ2v) is 6.82. The zero-order valence-electron chi connectivity index (χ0n) is 14.7. The SMILES string of the molecule is O=C(/C=C/c1ccc2c(c1)OCO2)N(Cc1cnc2ccccn12)C1CC1. The van der Waals surface area contributed by atoms with Gasteiger partial charge in [0.15, 0.2) is 11.5 Å². The van der Waals surface area contributed by atoms with Crippen LogP contribution in [-0.2, 0) is 11.3 Å². The zero-order chi connectivity index (χ0) is 18.2. The van der Waals surface area contributed by atoms with E-state index in [9.17, 15) is 4.79 Å². The molecule has 3 aromatic rings. The molecule has 2 aromatic heterocycles. The summed E-state index contributed by atoms with van der Waals surface area (Å²) in [5.74, 6) is 1.47. The number of carbonyl (C=O) groups is 1. The number of hydrogen-bond donors (Lipinski definition) is 0. The van der Waals surface area contributed by atoms with Crippen molar-refractivity contribution in [1.29, 1.82) is 0 Å². The molecule has 1 fully saturated rings. The van der Waals surface area contributed by atoms with Crippen molar-refractivity contribution in [3.63, 3.8) is 0 Å². The normalized spacial score (nSPS) is 15.6. The van der Waals surface area contributed by atoms with Crippen LogP contribution in [0.5, 0.6) is 11.5 Å². The Morgan fingerprint density at radius 3 is 3.00 bits per heavy atom. The number of fused-ring (bicyclic) bond motifs is 2. The lowest BCUT2D eigenvalue weighted by Crippen LogP contribution is -2.31. The molecule has 0 N–H and O–H groups in total. The molecule has 6 nitrogen and oxygen atoms in total. The quantitative estimate of drug-likeness (QED) is 0.655. The van der Waals surface area contributed by atoms with E-state index in [1.165, 1.54) is 0 Å². The highest BCUT2D eigenvalue weighted by Crippen LogP contribution is 2.33. The van der Waals surface area contributed by atoms with Crippen LogP contribution in [0.2, 0.25) is 0 Å². The minimum Gasteiger partial charge on any atom is -0.454 e. The van der Waals surface area contributed by atoms with Crippen molar-refractivity contribution in [1.82, 2.24) is 14.3 Å². The van der Waals surface area contributed by atoms with E-state index in [0.29, 0.717) is 12.6 Å². The second kappa shape index (κ2) is 6.46. The van der Waals surface area contributed by atoms with Gasteiger partial charge in [-0.25, -0.2) is 4.98 Å². The molecular weight excluding hydrogens is 342 g/mol. The molecule has 1 saturated carbocycles. The highest BCUT2D eigenvalue weighted by Gasteiger charge is 2.32. The second-order valence-electron chi connectivity index (χ2n) is 6.82. The molecule has 0 saturated heterocycles. The van der Waals surface area contributed by atoms with Crippen LogP contribution in [0.15, 0.2) is 54.9 Å². The van der Waals surface area contributed by atoms with Gasteiger partial charge >= 0.3 is 0 Å². The van der Waals surface area contributed by atoms with Crippen molar-refractivity contribution in [2.75, 3.05) is 6.79 Å². The summed E-state index contributed by atoms with van der Waals surface area (Å²) >= 11 is 0. The Hall–Kier alpha value is -3.28. The van der Waals surface area contributed by atoms with E-state index in [1.54, 1.807) is 6.08 Å². The fourth-order valence-electron chi connectivity index (χ4n) is 3.33. The Kier molecular flexibility index (Phi) is 3.81. The summed E-state index contributed by atoms with van der Waals surface area (Å²) in [6, 6.07) is 11.9. The van der Waals surface area contributed by atoms with Gasteiger partial charge in [0.2, 0.25) is 12.7 Å². The van der Waals surface area contributed by atoms with Crippen molar-refractivity contribution < 1.29 is 14.3 Å². The van der Waals surface area contributed by atoms with Crippen LogP contribution in [0.1, 0.15) is 24.1 Å². The summed E-state index contributed by atoms with van der Waals surface area (Å²) < 4.78 is 12.7. The average Bonchev–Trinajstić information content (AvgIpc) is 3.29. The molecule has 0 spiro atoms. The van der Waals surface area contributed by atoms with Gasteiger partial charge in [0, 0.05) is 18.3 Å². The summed E-state index contributed by atoms with van der Waals surface area (Å²) in [5.41, 5.74) is 2.83. The van der Waals surface area contributed by atoms with Crippen LogP contribution < -0.4 is 9.47 Å². The van der Waals surface area contributed by atoms with Gasteiger partial charge in [-0.3, -0.25) is 4.79 Å². The minimum absolute atomic E-state index is 0.0149. The minimum atomic E-state index is 0.0149. The van der Waals surface area contributed by atoms with Gasteiger partial charge in [0.1, 0.15) is 5.65 Å². The lowest BCUT2D eigenvalue weighted by molar-refractivity contribution is -0.127. The van der Waals surface area contributed by atoms with Gasteiger partial charge in [-0.15, -0.1) is 0 Å². The van der Waals surface area contributed by atoms with Gasteiger partial charge in [-0.2, -0.15) is 0 Å². The third kappa shape index (κ3) is 3.14. The van der Waals surface area contributed by atoms with Gasteiger partial charge in [0.25, 0.3) is 0 Å². The number of hydrogen-bond acceptors (Lipinski definition) is 4. The fourth-order valence-corrected chi connectivity index (χ4v) is 3.33. The van der Waals surface area contributed by atoms with E-state index in [4.69, 9.17) is 9.47 Å². The molecule has 0 bridgehead atoms. The monoisotopic (exact) mass is 361 g/mol. The van der Waals surface area contributed by atoms with Gasteiger partial charge in [-0.1, -0.05) is 12.1 Å². The highest BCUT2D eigenvalue weighted by atomic mass is 16.7. The van der Waals surface area contributed by atoms with E-state index in [1.807, 2.05) is 64.2 Å². The third-order valence-corrected chi connectivity index (χ3v) is 4.91. The summed E-state index contributed by atoms with van der Waals surface area (Å²) in [6.07, 6.45) is 9.41. The largest absolute Gasteiger partial charge is 0.454 e. The first-order chi connectivity index (χ1) is 13.3. The van der Waals surface area contributed by atoms with Crippen molar-refractivity contribution >= 4 is 17.6 Å². The third-order valence-electron chi connectivity index (χ3n) is 4.91. The molecule has 0 radical (unpaired) electrons. The number of nitrogens with zero attached hydrogens (tertiary/aromatic N) is 3. The Balaban J connectivity index is 1.35. The van der Waals surface area contributed by atoms with Crippen LogP contribution in [0.25, 0.3) is 11.7 Å². The number of ether oxygens (including phenoxy) is 2. The van der Waals surface area contributed by atoms with E-state index >= 15 is 0 Å². The number of pyridine rings is 1. The predicted octanol–water partition coefficient (Wildman–Crippen LogP) is 3.27. The van der Waals surface area contributed by atoms with Crippen molar-refractivity contribution in [2.24, 2.45) is 0 Å². The maximum Gasteiger partial charge on any atom is 0.247 e. The Bertz CT molecular complexity index is 1040. The molecule has 5 rings (SSSR count). The van der Waals surface area contributed by atoms with Gasteiger partial charge in [0.05, 0.1) is 18.4 Å². The first-order valence-corrected chi connectivity index (χ1v) is 9.07. The number of amides is 1. The van der Waals surface area contributed by atoms with E-state index < -0.39 is 0 Å². The van der Waals surface area contributed by atoms with E-state index in [-0.39, 0.29) is 12.7 Å². The smallest absolute Gasteiger partial charge is 0.247 e. The Labute approximate surface area is 156 Å².